The molecule has 3 heteroatoms. The molecule has 3 rings (SSSR count). The number of hydrogen-bond donors (Lipinski definition) is 0. The molecule has 0 bridgehead atoms. The first-order valence-electron chi connectivity index (χ1n) is 5.07. The highest BCUT2D eigenvalue weighted by molar-refractivity contribution is 5.12. The van der Waals surface area contributed by atoms with Crippen LogP contribution in [0.4, 0.5) is 0 Å². The Hall–Kier alpha value is -0.120. The number of nitrogens with zero attached hydrogens (tertiary/aromatic N) is 1. The molecule has 0 unspecified atom stereocenters. The predicted octanol–water partition coefficient (Wildman–Crippen LogP) is 1.33. The van der Waals surface area contributed by atoms with Gasteiger partial charge in [0.1, 0.15) is 11.4 Å². The van der Waals surface area contributed by atoms with Gasteiger partial charge in [-0.3, -0.25) is 0 Å². The maximum absolute atomic E-state index is 5.91. The highest BCUT2D eigenvalue weighted by atomic mass is 16.6. The van der Waals surface area contributed by atoms with E-state index in [0.29, 0.717) is 0 Å². The van der Waals surface area contributed by atoms with Crippen molar-refractivity contribution < 1.29 is 9.47 Å². The van der Waals surface area contributed by atoms with Crippen LogP contribution in [-0.4, -0.2) is 35.1 Å². The molecule has 3 heterocycles. The lowest BCUT2D eigenvalue weighted by Gasteiger charge is -2.36. The zero-order chi connectivity index (χ0) is 9.32. The van der Waals surface area contributed by atoms with Crippen LogP contribution in [0.1, 0.15) is 33.6 Å². The standard InChI is InChI=1S/C10H17NO2/c1-8-6-12-9(2)4-5-10(3,11(8)9)13-7-8/h4-7H2,1-3H3/t9-,10-/m0/s1. The highest BCUT2D eigenvalue weighted by Gasteiger charge is 2.67. The van der Waals surface area contributed by atoms with E-state index in [-0.39, 0.29) is 17.0 Å². The molecule has 0 aromatic heterocycles. The molecule has 13 heavy (non-hydrogen) atoms. The summed E-state index contributed by atoms with van der Waals surface area (Å²) in [5.41, 5.74) is 0.0139. The number of rotatable bonds is 0. The third-order valence-corrected chi connectivity index (χ3v) is 3.93. The summed E-state index contributed by atoms with van der Waals surface area (Å²) in [5, 5.41) is 0. The number of ether oxygens (including phenoxy) is 2. The van der Waals surface area contributed by atoms with Crippen LogP contribution in [0, 0.1) is 0 Å². The smallest absolute Gasteiger partial charge is 0.121 e. The van der Waals surface area contributed by atoms with Gasteiger partial charge in [0.15, 0.2) is 0 Å². The van der Waals surface area contributed by atoms with Crippen molar-refractivity contribution in [2.24, 2.45) is 0 Å². The fourth-order valence-electron chi connectivity index (χ4n) is 3.40. The Morgan fingerprint density at radius 3 is 1.85 bits per heavy atom. The molecule has 0 aliphatic carbocycles. The molecule has 0 aromatic carbocycles. The van der Waals surface area contributed by atoms with E-state index in [1.807, 2.05) is 0 Å². The van der Waals surface area contributed by atoms with Gasteiger partial charge in [0.25, 0.3) is 0 Å². The van der Waals surface area contributed by atoms with Crippen molar-refractivity contribution in [1.82, 2.24) is 4.90 Å². The normalized spacial score (nSPS) is 60.2. The van der Waals surface area contributed by atoms with Gasteiger partial charge in [-0.1, -0.05) is 0 Å². The van der Waals surface area contributed by atoms with Crippen LogP contribution in [0.25, 0.3) is 0 Å². The molecular weight excluding hydrogens is 166 g/mol. The van der Waals surface area contributed by atoms with Gasteiger partial charge >= 0.3 is 0 Å². The maximum Gasteiger partial charge on any atom is 0.121 e. The predicted molar refractivity (Wildman–Crippen MR) is 48.2 cm³/mol. The van der Waals surface area contributed by atoms with E-state index >= 15 is 0 Å². The zero-order valence-corrected chi connectivity index (χ0v) is 8.59. The van der Waals surface area contributed by atoms with Crippen molar-refractivity contribution in [3.63, 3.8) is 0 Å². The molecule has 0 aromatic rings. The van der Waals surface area contributed by atoms with E-state index in [2.05, 4.69) is 25.7 Å². The Bertz CT molecular complexity index is 209. The lowest BCUT2D eigenvalue weighted by Crippen LogP contribution is -2.52. The van der Waals surface area contributed by atoms with Crippen LogP contribution in [0.2, 0.25) is 0 Å². The quantitative estimate of drug-likeness (QED) is 0.565. The van der Waals surface area contributed by atoms with E-state index in [9.17, 15) is 0 Å². The molecule has 0 radical (unpaired) electrons. The summed E-state index contributed by atoms with van der Waals surface area (Å²) < 4.78 is 11.8. The van der Waals surface area contributed by atoms with Crippen molar-refractivity contribution in [2.75, 3.05) is 13.2 Å². The molecule has 3 nitrogen and oxygen atoms in total. The summed E-state index contributed by atoms with van der Waals surface area (Å²) in [4.78, 5) is 2.45. The van der Waals surface area contributed by atoms with Crippen molar-refractivity contribution >= 4 is 0 Å². The summed E-state index contributed by atoms with van der Waals surface area (Å²) in [6.45, 7) is 8.27. The molecule has 0 amide bonds. The Kier molecular flexibility index (Phi) is 1.23. The first-order chi connectivity index (χ1) is 5.99. The van der Waals surface area contributed by atoms with Crippen molar-refractivity contribution in [1.29, 1.82) is 0 Å². The van der Waals surface area contributed by atoms with E-state index in [4.69, 9.17) is 9.47 Å². The molecule has 0 saturated carbocycles. The fraction of sp³-hybridized carbons (Fsp3) is 1.00. The third kappa shape index (κ3) is 0.767. The van der Waals surface area contributed by atoms with Gasteiger partial charge in [0, 0.05) is 0 Å². The Labute approximate surface area is 79.0 Å². The van der Waals surface area contributed by atoms with Gasteiger partial charge in [-0.2, -0.15) is 0 Å². The lowest BCUT2D eigenvalue weighted by atomic mass is 10.0. The molecule has 3 aliphatic heterocycles. The lowest BCUT2D eigenvalue weighted by molar-refractivity contribution is -0.124. The Morgan fingerprint density at radius 2 is 1.38 bits per heavy atom. The molecule has 0 spiro atoms. The van der Waals surface area contributed by atoms with Crippen LogP contribution in [0.3, 0.4) is 0 Å². The summed E-state index contributed by atoms with van der Waals surface area (Å²) in [7, 11) is 0. The summed E-state index contributed by atoms with van der Waals surface area (Å²) in [5.74, 6) is 0. The average molecular weight is 183 g/mol. The SMILES string of the molecule is CC12CO[C@@]3(C)CC[C@](C)(OC1)N23. The summed E-state index contributed by atoms with van der Waals surface area (Å²) >= 11 is 0. The molecular formula is C10H17NO2. The van der Waals surface area contributed by atoms with Crippen molar-refractivity contribution in [3.05, 3.63) is 0 Å². The molecule has 0 N–H and O–H groups in total. The van der Waals surface area contributed by atoms with Gasteiger partial charge in [-0.15, -0.1) is 0 Å². The molecule has 3 fully saturated rings. The van der Waals surface area contributed by atoms with Crippen molar-refractivity contribution in [3.8, 4) is 0 Å². The van der Waals surface area contributed by atoms with E-state index < -0.39 is 0 Å². The van der Waals surface area contributed by atoms with Gasteiger partial charge < -0.3 is 9.47 Å². The fourth-order valence-corrected chi connectivity index (χ4v) is 3.40. The highest BCUT2D eigenvalue weighted by Crippen LogP contribution is 2.55. The minimum atomic E-state index is -0.0556. The van der Waals surface area contributed by atoms with Crippen LogP contribution >= 0.6 is 0 Å². The monoisotopic (exact) mass is 183 g/mol. The Balaban J connectivity index is 2.10. The second-order valence-electron chi connectivity index (χ2n) is 5.26. The average Bonchev–Trinajstić information content (AvgIpc) is 2.58. The Morgan fingerprint density at radius 1 is 0.923 bits per heavy atom. The van der Waals surface area contributed by atoms with Gasteiger partial charge in [0.2, 0.25) is 0 Å². The van der Waals surface area contributed by atoms with Gasteiger partial charge in [-0.25, -0.2) is 4.90 Å². The zero-order valence-electron chi connectivity index (χ0n) is 8.59. The van der Waals surface area contributed by atoms with E-state index in [1.165, 1.54) is 0 Å². The molecule has 3 saturated heterocycles. The minimum absolute atomic E-state index is 0.0556. The summed E-state index contributed by atoms with van der Waals surface area (Å²) in [6, 6.07) is 0. The van der Waals surface area contributed by atoms with Crippen LogP contribution < -0.4 is 0 Å². The van der Waals surface area contributed by atoms with Crippen LogP contribution in [0.5, 0.6) is 0 Å². The topological polar surface area (TPSA) is 21.7 Å². The van der Waals surface area contributed by atoms with E-state index in [0.717, 1.165) is 26.1 Å². The first-order valence-corrected chi connectivity index (χ1v) is 5.07. The summed E-state index contributed by atoms with van der Waals surface area (Å²) in [6.07, 6.45) is 2.19. The van der Waals surface area contributed by atoms with Gasteiger partial charge in [-0.05, 0) is 33.6 Å². The third-order valence-electron chi connectivity index (χ3n) is 3.93. The molecule has 74 valence electrons. The first kappa shape index (κ1) is 8.21. The largest absolute Gasteiger partial charge is 0.359 e. The second kappa shape index (κ2) is 1.95. The minimum Gasteiger partial charge on any atom is -0.359 e. The second-order valence-corrected chi connectivity index (χ2v) is 5.26. The molecule has 3 aliphatic rings. The van der Waals surface area contributed by atoms with Crippen molar-refractivity contribution in [2.45, 2.75) is 50.6 Å². The number of hydrogen-bond acceptors (Lipinski definition) is 3. The van der Waals surface area contributed by atoms with Crippen LogP contribution in [-0.2, 0) is 9.47 Å². The van der Waals surface area contributed by atoms with Gasteiger partial charge in [0.05, 0.1) is 18.8 Å². The maximum atomic E-state index is 5.91. The van der Waals surface area contributed by atoms with E-state index in [1.54, 1.807) is 0 Å². The van der Waals surface area contributed by atoms with Crippen LogP contribution in [0.15, 0.2) is 0 Å². The molecule has 2 atom stereocenters.